The smallest absolute Gasteiger partial charge is 0.125 e. The van der Waals surface area contributed by atoms with Crippen LogP contribution < -0.4 is 4.74 Å². The van der Waals surface area contributed by atoms with E-state index in [-0.39, 0.29) is 0 Å². The van der Waals surface area contributed by atoms with Crippen molar-refractivity contribution in [2.75, 3.05) is 6.61 Å². The predicted molar refractivity (Wildman–Crippen MR) is 61.4 cm³/mol. The molecular weight excluding hydrogens is 233 g/mol. The van der Waals surface area contributed by atoms with Crippen molar-refractivity contribution >= 4 is 23.2 Å². The van der Waals surface area contributed by atoms with E-state index in [9.17, 15) is 0 Å². The first-order valence-corrected chi connectivity index (χ1v) is 5.54. The molecule has 0 saturated heterocycles. The van der Waals surface area contributed by atoms with Crippen LogP contribution >= 0.6 is 23.2 Å². The topological polar surface area (TPSA) is 33.0 Å². The minimum absolute atomic E-state index is 0.327. The lowest BCUT2D eigenvalue weighted by Gasteiger charge is -2.10. The van der Waals surface area contributed by atoms with Crippen LogP contribution in [0.1, 0.15) is 18.4 Å². The van der Waals surface area contributed by atoms with Crippen molar-refractivity contribution in [1.29, 1.82) is 5.26 Å². The molecule has 1 rings (SSSR count). The number of nitrogens with zero attached hydrogens (tertiary/aromatic N) is 1. The zero-order chi connectivity index (χ0) is 11.1. The van der Waals surface area contributed by atoms with E-state index in [1.54, 1.807) is 6.07 Å². The van der Waals surface area contributed by atoms with Crippen molar-refractivity contribution in [2.45, 2.75) is 18.7 Å². The molecule has 1 aromatic rings. The zero-order valence-corrected chi connectivity index (χ0v) is 9.68. The van der Waals surface area contributed by atoms with Crippen molar-refractivity contribution in [2.24, 2.45) is 0 Å². The molecule has 15 heavy (non-hydrogen) atoms. The van der Waals surface area contributed by atoms with E-state index in [4.69, 9.17) is 33.2 Å². The first-order valence-electron chi connectivity index (χ1n) is 4.62. The van der Waals surface area contributed by atoms with Gasteiger partial charge < -0.3 is 4.74 Å². The van der Waals surface area contributed by atoms with Crippen LogP contribution in [0.3, 0.4) is 0 Å². The Labute approximate surface area is 99.4 Å². The lowest BCUT2D eigenvalue weighted by molar-refractivity contribution is 0.310. The quantitative estimate of drug-likeness (QED) is 0.583. The lowest BCUT2D eigenvalue weighted by Crippen LogP contribution is -1.99. The summed E-state index contributed by atoms with van der Waals surface area (Å²) >= 11 is 11.7. The molecule has 0 unspecified atom stereocenters. The Morgan fingerprint density at radius 1 is 1.40 bits per heavy atom. The van der Waals surface area contributed by atoms with Gasteiger partial charge in [-0.05, 0) is 18.6 Å². The fraction of sp³-hybridized carbons (Fsp3) is 0.364. The molecule has 4 heteroatoms. The summed E-state index contributed by atoms with van der Waals surface area (Å²) in [5.41, 5.74) is 0.804. The second-order valence-corrected chi connectivity index (χ2v) is 3.63. The molecule has 0 aliphatic heterocycles. The van der Waals surface area contributed by atoms with Crippen LogP contribution in [0.2, 0.25) is 5.02 Å². The van der Waals surface area contributed by atoms with Gasteiger partial charge in [0, 0.05) is 17.0 Å². The highest BCUT2D eigenvalue weighted by molar-refractivity contribution is 6.32. The van der Waals surface area contributed by atoms with E-state index in [1.807, 2.05) is 12.1 Å². The minimum atomic E-state index is 0.327. The van der Waals surface area contributed by atoms with Gasteiger partial charge in [-0.3, -0.25) is 0 Å². The van der Waals surface area contributed by atoms with E-state index in [0.29, 0.717) is 36.1 Å². The Kier molecular flexibility index (Phi) is 5.31. The standard InChI is InChI=1S/C11H11Cl2NO/c12-8-9-10(13)4-3-5-11(9)15-7-2-1-6-14/h3-5H,1-2,7-8H2. The summed E-state index contributed by atoms with van der Waals surface area (Å²) in [5, 5.41) is 8.97. The van der Waals surface area contributed by atoms with Crippen molar-refractivity contribution < 1.29 is 4.74 Å². The van der Waals surface area contributed by atoms with Gasteiger partial charge in [0.1, 0.15) is 5.75 Å². The van der Waals surface area contributed by atoms with E-state index in [2.05, 4.69) is 6.07 Å². The van der Waals surface area contributed by atoms with Crippen LogP contribution in [-0.4, -0.2) is 6.61 Å². The molecule has 0 bridgehead atoms. The number of nitriles is 1. The zero-order valence-electron chi connectivity index (χ0n) is 8.17. The maximum absolute atomic E-state index is 8.36. The van der Waals surface area contributed by atoms with E-state index in [0.717, 1.165) is 5.56 Å². The van der Waals surface area contributed by atoms with Crippen molar-refractivity contribution in [1.82, 2.24) is 0 Å². The Balaban J connectivity index is 2.60. The van der Waals surface area contributed by atoms with Crippen LogP contribution in [-0.2, 0) is 5.88 Å². The number of benzene rings is 1. The average Bonchev–Trinajstić information content (AvgIpc) is 2.24. The van der Waals surface area contributed by atoms with Gasteiger partial charge in [0.25, 0.3) is 0 Å². The summed E-state index contributed by atoms with van der Waals surface area (Å²) in [6.45, 7) is 0.512. The van der Waals surface area contributed by atoms with Gasteiger partial charge in [-0.15, -0.1) is 11.6 Å². The molecule has 0 spiro atoms. The van der Waals surface area contributed by atoms with Gasteiger partial charge in [0.2, 0.25) is 0 Å². The van der Waals surface area contributed by atoms with Gasteiger partial charge in [0.05, 0.1) is 18.6 Å². The van der Waals surface area contributed by atoms with Gasteiger partial charge in [0.15, 0.2) is 0 Å². The fourth-order valence-corrected chi connectivity index (χ4v) is 1.71. The third kappa shape index (κ3) is 3.62. The number of halogens is 2. The molecule has 0 aliphatic rings. The monoisotopic (exact) mass is 243 g/mol. The summed E-state index contributed by atoms with van der Waals surface area (Å²) in [6.07, 6.45) is 1.21. The second-order valence-electron chi connectivity index (χ2n) is 2.96. The molecule has 80 valence electrons. The first kappa shape index (κ1) is 12.2. The highest BCUT2D eigenvalue weighted by Crippen LogP contribution is 2.27. The summed E-state index contributed by atoms with van der Waals surface area (Å²) in [5.74, 6) is 1.03. The largest absolute Gasteiger partial charge is 0.493 e. The predicted octanol–water partition coefficient (Wildman–Crippen LogP) is 3.76. The molecule has 1 aromatic carbocycles. The van der Waals surface area contributed by atoms with Gasteiger partial charge >= 0.3 is 0 Å². The molecule has 0 heterocycles. The maximum atomic E-state index is 8.36. The number of ether oxygens (including phenoxy) is 1. The molecule has 0 aliphatic carbocycles. The van der Waals surface area contributed by atoms with Crippen LogP contribution in [0.4, 0.5) is 0 Å². The number of hydrogen-bond donors (Lipinski definition) is 0. The summed E-state index contributed by atoms with van der Waals surface area (Å²) in [4.78, 5) is 0. The van der Waals surface area contributed by atoms with Gasteiger partial charge in [-0.25, -0.2) is 0 Å². The molecule has 2 nitrogen and oxygen atoms in total. The average molecular weight is 244 g/mol. The molecule has 0 fully saturated rings. The van der Waals surface area contributed by atoms with Crippen LogP contribution in [0.5, 0.6) is 5.75 Å². The number of alkyl halides is 1. The van der Waals surface area contributed by atoms with E-state index >= 15 is 0 Å². The summed E-state index contributed by atoms with van der Waals surface area (Å²) in [7, 11) is 0. The summed E-state index contributed by atoms with van der Waals surface area (Å²) < 4.78 is 5.49. The minimum Gasteiger partial charge on any atom is -0.493 e. The highest BCUT2D eigenvalue weighted by atomic mass is 35.5. The number of hydrogen-bond acceptors (Lipinski definition) is 2. The second kappa shape index (κ2) is 6.55. The molecule has 0 amide bonds. The third-order valence-corrected chi connectivity index (χ3v) is 2.52. The first-order chi connectivity index (χ1) is 7.29. The lowest BCUT2D eigenvalue weighted by atomic mass is 10.2. The van der Waals surface area contributed by atoms with Crippen molar-refractivity contribution in [3.05, 3.63) is 28.8 Å². The van der Waals surface area contributed by atoms with E-state index in [1.165, 1.54) is 0 Å². The van der Waals surface area contributed by atoms with Crippen molar-refractivity contribution in [3.63, 3.8) is 0 Å². The molecule has 0 radical (unpaired) electrons. The third-order valence-electron chi connectivity index (χ3n) is 1.90. The van der Waals surface area contributed by atoms with Crippen molar-refractivity contribution in [3.8, 4) is 11.8 Å². The van der Waals surface area contributed by atoms with E-state index < -0.39 is 0 Å². The van der Waals surface area contributed by atoms with Gasteiger partial charge in [-0.1, -0.05) is 17.7 Å². The number of unbranched alkanes of at least 4 members (excludes halogenated alkanes) is 1. The van der Waals surface area contributed by atoms with Crippen LogP contribution in [0, 0.1) is 11.3 Å². The molecule has 0 saturated carbocycles. The highest BCUT2D eigenvalue weighted by Gasteiger charge is 2.06. The normalized spacial score (nSPS) is 9.67. The Morgan fingerprint density at radius 2 is 2.20 bits per heavy atom. The fourth-order valence-electron chi connectivity index (χ4n) is 1.14. The molecular formula is C11H11Cl2NO. The summed E-state index contributed by atoms with van der Waals surface area (Å²) in [6, 6.07) is 7.49. The maximum Gasteiger partial charge on any atom is 0.125 e. The number of rotatable bonds is 5. The molecule has 0 aromatic heterocycles. The molecule has 0 atom stereocenters. The SMILES string of the molecule is N#CCCCOc1cccc(Cl)c1CCl. The van der Waals surface area contributed by atoms with Crippen LogP contribution in [0.25, 0.3) is 0 Å². The Morgan fingerprint density at radius 3 is 2.87 bits per heavy atom. The van der Waals surface area contributed by atoms with Crippen LogP contribution in [0.15, 0.2) is 18.2 Å². The van der Waals surface area contributed by atoms with Gasteiger partial charge in [-0.2, -0.15) is 5.26 Å². The Bertz CT molecular complexity index is 360. The Hall–Kier alpha value is -0.910. The molecule has 0 N–H and O–H groups in total.